The number of urea groups is 1. The van der Waals surface area contributed by atoms with Crippen LogP contribution in [0.25, 0.3) is 0 Å². The van der Waals surface area contributed by atoms with E-state index in [0.29, 0.717) is 13.1 Å². The highest BCUT2D eigenvalue weighted by Gasteiger charge is 2.21. The smallest absolute Gasteiger partial charge is 0.319 e. The molecule has 1 aliphatic heterocycles. The average Bonchev–Trinajstić information content (AvgIpc) is 2.66. The number of benzene rings is 1. The summed E-state index contributed by atoms with van der Waals surface area (Å²) in [6, 6.07) is 8.18. The molecule has 5 nitrogen and oxygen atoms in total. The quantitative estimate of drug-likeness (QED) is 0.912. The van der Waals surface area contributed by atoms with Crippen molar-refractivity contribution in [3.05, 3.63) is 35.4 Å². The summed E-state index contributed by atoms with van der Waals surface area (Å²) in [5, 5.41) is 8.67. The van der Waals surface area contributed by atoms with Crippen molar-refractivity contribution in [2.24, 2.45) is 0 Å². The van der Waals surface area contributed by atoms with Gasteiger partial charge >= 0.3 is 12.0 Å². The lowest BCUT2D eigenvalue weighted by molar-refractivity contribution is -0.137. The first kappa shape index (κ1) is 14.4. The predicted octanol–water partition coefficient (Wildman–Crippen LogP) is 1.61. The number of carbonyl (C=O) groups excluding carboxylic acids is 1. The molecule has 0 atom stereocenters. The Bertz CT molecular complexity index is 475. The molecule has 1 aliphatic rings. The number of carboxylic acids is 1. The van der Waals surface area contributed by atoms with Crippen LogP contribution in [0, 0.1) is 0 Å². The van der Waals surface area contributed by atoms with E-state index in [4.69, 9.17) is 5.11 Å². The van der Waals surface area contributed by atoms with Crippen LogP contribution in [0.4, 0.5) is 4.79 Å². The Labute approximate surface area is 118 Å². The van der Waals surface area contributed by atoms with Gasteiger partial charge in [0.05, 0.1) is 6.42 Å². The van der Waals surface area contributed by atoms with Crippen molar-refractivity contribution in [3.8, 4) is 0 Å². The lowest BCUT2D eigenvalue weighted by atomic mass is 10.0. The molecule has 2 amide bonds. The van der Waals surface area contributed by atoms with E-state index in [9.17, 15) is 9.59 Å². The fourth-order valence-electron chi connectivity index (χ4n) is 2.46. The van der Waals surface area contributed by atoms with Crippen molar-refractivity contribution in [2.75, 3.05) is 26.7 Å². The number of aliphatic carboxylic acids is 1. The Morgan fingerprint density at radius 2 is 1.75 bits per heavy atom. The molecule has 1 aromatic rings. The van der Waals surface area contributed by atoms with Crippen LogP contribution in [0.15, 0.2) is 24.3 Å². The molecule has 108 valence electrons. The van der Waals surface area contributed by atoms with Crippen molar-refractivity contribution >= 4 is 12.0 Å². The first-order valence-electron chi connectivity index (χ1n) is 6.86. The molecule has 0 saturated heterocycles. The fraction of sp³-hybridized carbons (Fsp3) is 0.467. The van der Waals surface area contributed by atoms with Gasteiger partial charge < -0.3 is 14.9 Å². The third-order valence-corrected chi connectivity index (χ3v) is 3.68. The molecule has 1 N–H and O–H groups in total. The van der Waals surface area contributed by atoms with Gasteiger partial charge in [-0.25, -0.2) is 4.79 Å². The van der Waals surface area contributed by atoms with Crippen molar-refractivity contribution in [2.45, 2.75) is 19.3 Å². The van der Waals surface area contributed by atoms with E-state index >= 15 is 0 Å². The minimum atomic E-state index is -0.882. The summed E-state index contributed by atoms with van der Waals surface area (Å²) < 4.78 is 0. The van der Waals surface area contributed by atoms with Crippen LogP contribution in [0.1, 0.15) is 17.5 Å². The van der Waals surface area contributed by atoms with Crippen molar-refractivity contribution < 1.29 is 14.7 Å². The monoisotopic (exact) mass is 276 g/mol. The summed E-state index contributed by atoms with van der Waals surface area (Å²) in [6.07, 6.45) is 1.69. The second-order valence-corrected chi connectivity index (χ2v) is 5.10. The van der Waals surface area contributed by atoms with Crippen LogP contribution < -0.4 is 0 Å². The Morgan fingerprint density at radius 1 is 1.20 bits per heavy atom. The van der Waals surface area contributed by atoms with Gasteiger partial charge in [-0.15, -0.1) is 0 Å². The van der Waals surface area contributed by atoms with Gasteiger partial charge in [-0.3, -0.25) is 4.79 Å². The zero-order chi connectivity index (χ0) is 14.5. The number of rotatable bonds is 3. The molecule has 0 radical (unpaired) electrons. The molecule has 0 bridgehead atoms. The van der Waals surface area contributed by atoms with E-state index in [1.165, 1.54) is 16.0 Å². The maximum Gasteiger partial charge on any atom is 0.319 e. The summed E-state index contributed by atoms with van der Waals surface area (Å²) in [7, 11) is 1.66. The maximum atomic E-state index is 12.3. The Hall–Kier alpha value is -2.04. The minimum absolute atomic E-state index is 0.0176. The Kier molecular flexibility index (Phi) is 4.61. The SMILES string of the molecule is CN(CCC(=O)O)C(=O)N1CCc2ccccc2CC1. The summed E-state index contributed by atoms with van der Waals surface area (Å²) >= 11 is 0. The Balaban J connectivity index is 1.94. The minimum Gasteiger partial charge on any atom is -0.481 e. The van der Waals surface area contributed by atoms with Crippen molar-refractivity contribution in [1.82, 2.24) is 9.80 Å². The highest BCUT2D eigenvalue weighted by atomic mass is 16.4. The fourth-order valence-corrected chi connectivity index (χ4v) is 2.46. The average molecular weight is 276 g/mol. The van der Waals surface area contributed by atoms with E-state index in [-0.39, 0.29) is 19.0 Å². The van der Waals surface area contributed by atoms with Crippen LogP contribution in [-0.4, -0.2) is 53.6 Å². The van der Waals surface area contributed by atoms with E-state index in [1.807, 2.05) is 17.0 Å². The van der Waals surface area contributed by atoms with E-state index < -0.39 is 5.97 Å². The van der Waals surface area contributed by atoms with E-state index in [0.717, 1.165) is 12.8 Å². The molecule has 0 unspecified atom stereocenters. The van der Waals surface area contributed by atoms with Crippen LogP contribution >= 0.6 is 0 Å². The van der Waals surface area contributed by atoms with Crippen molar-refractivity contribution in [3.63, 3.8) is 0 Å². The third kappa shape index (κ3) is 3.50. The first-order valence-corrected chi connectivity index (χ1v) is 6.86. The van der Waals surface area contributed by atoms with Gasteiger partial charge in [0, 0.05) is 26.7 Å². The molecular formula is C15H20N2O3. The maximum absolute atomic E-state index is 12.3. The normalized spacial score (nSPS) is 14.3. The van der Waals surface area contributed by atoms with Gasteiger partial charge in [-0.1, -0.05) is 24.3 Å². The van der Waals surface area contributed by atoms with Crippen molar-refractivity contribution in [1.29, 1.82) is 0 Å². The molecule has 20 heavy (non-hydrogen) atoms. The largest absolute Gasteiger partial charge is 0.481 e. The molecule has 0 fully saturated rings. The molecule has 0 spiro atoms. The second kappa shape index (κ2) is 6.41. The number of carboxylic acid groups (broad SMARTS) is 1. The van der Waals surface area contributed by atoms with Crippen LogP contribution in [0.5, 0.6) is 0 Å². The van der Waals surface area contributed by atoms with Gasteiger partial charge in [0.1, 0.15) is 0 Å². The van der Waals surface area contributed by atoms with Crippen LogP contribution in [0.3, 0.4) is 0 Å². The highest BCUT2D eigenvalue weighted by molar-refractivity contribution is 5.75. The molecule has 0 aliphatic carbocycles. The summed E-state index contributed by atoms with van der Waals surface area (Å²) in [4.78, 5) is 26.1. The van der Waals surface area contributed by atoms with Gasteiger partial charge in [-0.2, -0.15) is 0 Å². The standard InChI is InChI=1S/C15H20N2O3/c1-16(9-8-14(18)19)15(20)17-10-6-12-4-2-3-5-13(12)7-11-17/h2-5H,6-11H2,1H3,(H,18,19). The summed E-state index contributed by atoms with van der Waals surface area (Å²) in [5.74, 6) is -0.882. The number of nitrogens with zero attached hydrogens (tertiary/aromatic N) is 2. The predicted molar refractivity (Wildman–Crippen MR) is 75.7 cm³/mol. The Morgan fingerprint density at radius 3 is 2.25 bits per heavy atom. The molecule has 1 aromatic carbocycles. The molecule has 1 heterocycles. The number of amides is 2. The van der Waals surface area contributed by atoms with Gasteiger partial charge in [-0.05, 0) is 24.0 Å². The molecule has 5 heteroatoms. The van der Waals surface area contributed by atoms with Gasteiger partial charge in [0.2, 0.25) is 0 Å². The van der Waals surface area contributed by atoms with E-state index in [1.54, 1.807) is 7.05 Å². The first-order chi connectivity index (χ1) is 9.58. The number of fused-ring (bicyclic) bond motifs is 1. The highest BCUT2D eigenvalue weighted by Crippen LogP contribution is 2.16. The number of hydrogen-bond acceptors (Lipinski definition) is 2. The lowest BCUT2D eigenvalue weighted by Crippen LogP contribution is -2.43. The zero-order valence-electron chi connectivity index (χ0n) is 11.7. The van der Waals surface area contributed by atoms with Crippen LogP contribution in [0.2, 0.25) is 0 Å². The number of hydrogen-bond donors (Lipinski definition) is 1. The number of carbonyl (C=O) groups is 2. The lowest BCUT2D eigenvalue weighted by Gasteiger charge is -2.26. The zero-order valence-corrected chi connectivity index (χ0v) is 11.7. The topological polar surface area (TPSA) is 60.9 Å². The second-order valence-electron chi connectivity index (χ2n) is 5.10. The van der Waals surface area contributed by atoms with Crippen LogP contribution in [-0.2, 0) is 17.6 Å². The summed E-state index contributed by atoms with van der Waals surface area (Å²) in [6.45, 7) is 1.62. The molecule has 2 rings (SSSR count). The van der Waals surface area contributed by atoms with Gasteiger partial charge in [0.25, 0.3) is 0 Å². The summed E-state index contributed by atoms with van der Waals surface area (Å²) in [5.41, 5.74) is 2.60. The molecular weight excluding hydrogens is 256 g/mol. The molecule has 0 saturated carbocycles. The van der Waals surface area contributed by atoms with Gasteiger partial charge in [0.15, 0.2) is 0 Å². The molecule has 0 aromatic heterocycles. The third-order valence-electron chi connectivity index (χ3n) is 3.68. The van der Waals surface area contributed by atoms with E-state index in [2.05, 4.69) is 12.1 Å².